The summed E-state index contributed by atoms with van der Waals surface area (Å²) in [6.07, 6.45) is 1.60. The molecule has 1 aromatic carbocycles. The molecule has 5 nitrogen and oxygen atoms in total. The Bertz CT molecular complexity index is 569. The third kappa shape index (κ3) is 2.63. The van der Waals surface area contributed by atoms with Crippen LogP contribution in [0.25, 0.3) is 0 Å². The first-order valence-electron chi connectivity index (χ1n) is 6.73. The van der Waals surface area contributed by atoms with Crippen molar-refractivity contribution in [3.05, 3.63) is 41.8 Å². The van der Waals surface area contributed by atoms with Crippen molar-refractivity contribution in [2.45, 2.75) is 19.5 Å². The van der Waals surface area contributed by atoms with E-state index in [1.807, 2.05) is 18.2 Å². The Hall–Kier alpha value is -2.01. The molecule has 2 heterocycles. The lowest BCUT2D eigenvalue weighted by Crippen LogP contribution is -2.22. The second kappa shape index (κ2) is 5.54. The molecule has 0 bridgehead atoms. The highest BCUT2D eigenvalue weighted by Crippen LogP contribution is 2.31. The topological polar surface area (TPSA) is 47.7 Å². The minimum atomic E-state index is 0.196. The van der Waals surface area contributed by atoms with Crippen LogP contribution in [-0.4, -0.2) is 30.3 Å². The minimum Gasteiger partial charge on any atom is -0.486 e. The molecule has 1 aliphatic rings. The largest absolute Gasteiger partial charge is 0.486 e. The predicted octanol–water partition coefficient (Wildman–Crippen LogP) is 2.64. The Morgan fingerprint density at radius 3 is 2.75 bits per heavy atom. The van der Waals surface area contributed by atoms with Crippen molar-refractivity contribution in [3.8, 4) is 11.5 Å². The summed E-state index contributed by atoms with van der Waals surface area (Å²) in [6.45, 7) is 4.15. The highest BCUT2D eigenvalue weighted by Gasteiger charge is 2.16. The van der Waals surface area contributed by atoms with Crippen LogP contribution in [0.2, 0.25) is 0 Å². The molecule has 0 fully saturated rings. The summed E-state index contributed by atoms with van der Waals surface area (Å²) >= 11 is 0. The summed E-state index contributed by atoms with van der Waals surface area (Å²) in [5.41, 5.74) is 2.12. The van der Waals surface area contributed by atoms with Gasteiger partial charge in [-0.3, -0.25) is 4.90 Å². The fourth-order valence-corrected chi connectivity index (χ4v) is 2.27. The Labute approximate surface area is 118 Å². The Morgan fingerprint density at radius 1 is 1.20 bits per heavy atom. The fourth-order valence-electron chi connectivity index (χ4n) is 2.27. The highest BCUT2D eigenvalue weighted by atomic mass is 16.6. The number of fused-ring (bicyclic) bond motifs is 1. The van der Waals surface area contributed by atoms with Gasteiger partial charge in [0.1, 0.15) is 25.2 Å². The van der Waals surface area contributed by atoms with E-state index in [4.69, 9.17) is 14.0 Å². The summed E-state index contributed by atoms with van der Waals surface area (Å²) in [7, 11) is 2.07. The lowest BCUT2D eigenvalue weighted by atomic mass is 10.1. The van der Waals surface area contributed by atoms with Crippen LogP contribution in [0.4, 0.5) is 0 Å². The SMILES string of the molecule is C[C@@H](c1ccon1)N(C)Cc1ccc2c(c1)OCCO2. The predicted molar refractivity (Wildman–Crippen MR) is 73.8 cm³/mol. The van der Waals surface area contributed by atoms with Gasteiger partial charge < -0.3 is 14.0 Å². The molecule has 0 N–H and O–H groups in total. The van der Waals surface area contributed by atoms with Crippen LogP contribution in [0.5, 0.6) is 11.5 Å². The lowest BCUT2D eigenvalue weighted by molar-refractivity contribution is 0.171. The normalized spacial score (nSPS) is 15.3. The maximum absolute atomic E-state index is 5.61. The highest BCUT2D eigenvalue weighted by molar-refractivity contribution is 5.43. The molecule has 20 heavy (non-hydrogen) atoms. The van der Waals surface area contributed by atoms with Gasteiger partial charge in [0, 0.05) is 12.6 Å². The molecule has 0 amide bonds. The third-order valence-electron chi connectivity index (χ3n) is 3.59. The Kier molecular flexibility index (Phi) is 3.60. The van der Waals surface area contributed by atoms with E-state index in [0.29, 0.717) is 13.2 Å². The van der Waals surface area contributed by atoms with Crippen LogP contribution >= 0.6 is 0 Å². The van der Waals surface area contributed by atoms with Gasteiger partial charge in [-0.05, 0) is 31.7 Å². The Balaban J connectivity index is 1.71. The van der Waals surface area contributed by atoms with Gasteiger partial charge in [-0.1, -0.05) is 11.2 Å². The first-order valence-corrected chi connectivity index (χ1v) is 6.73. The second-order valence-corrected chi connectivity index (χ2v) is 4.99. The first kappa shape index (κ1) is 13.0. The smallest absolute Gasteiger partial charge is 0.161 e. The number of hydrogen-bond donors (Lipinski definition) is 0. The summed E-state index contributed by atoms with van der Waals surface area (Å²) in [4.78, 5) is 2.21. The molecule has 106 valence electrons. The lowest BCUT2D eigenvalue weighted by Gasteiger charge is -2.24. The molecule has 0 radical (unpaired) electrons. The van der Waals surface area contributed by atoms with Crippen LogP contribution in [0.3, 0.4) is 0 Å². The molecule has 0 aliphatic carbocycles. The number of aromatic nitrogens is 1. The van der Waals surface area contributed by atoms with Crippen molar-refractivity contribution in [2.24, 2.45) is 0 Å². The monoisotopic (exact) mass is 274 g/mol. The Morgan fingerprint density at radius 2 is 2.00 bits per heavy atom. The van der Waals surface area contributed by atoms with Crippen LogP contribution in [0, 0.1) is 0 Å². The second-order valence-electron chi connectivity index (χ2n) is 4.99. The maximum atomic E-state index is 5.61. The van der Waals surface area contributed by atoms with Crippen LogP contribution in [0.15, 0.2) is 35.1 Å². The van der Waals surface area contributed by atoms with E-state index >= 15 is 0 Å². The van der Waals surface area contributed by atoms with Crippen molar-refractivity contribution in [2.75, 3.05) is 20.3 Å². The molecular formula is C15H18N2O3. The molecule has 0 unspecified atom stereocenters. The van der Waals surface area contributed by atoms with Crippen molar-refractivity contribution in [3.63, 3.8) is 0 Å². The molecule has 0 saturated heterocycles. The van der Waals surface area contributed by atoms with Gasteiger partial charge >= 0.3 is 0 Å². The minimum absolute atomic E-state index is 0.196. The number of ether oxygens (including phenoxy) is 2. The third-order valence-corrected chi connectivity index (χ3v) is 3.59. The molecule has 3 rings (SSSR count). The van der Waals surface area contributed by atoms with Crippen molar-refractivity contribution >= 4 is 0 Å². The zero-order valence-corrected chi connectivity index (χ0v) is 11.7. The van der Waals surface area contributed by atoms with E-state index < -0.39 is 0 Å². The summed E-state index contributed by atoms with van der Waals surface area (Å²) in [5.74, 6) is 1.66. The number of rotatable bonds is 4. The first-order chi connectivity index (χ1) is 9.74. The van der Waals surface area contributed by atoms with Gasteiger partial charge in [0.15, 0.2) is 11.5 Å². The molecule has 1 aromatic heterocycles. The van der Waals surface area contributed by atoms with Gasteiger partial charge in [0.05, 0.1) is 6.04 Å². The van der Waals surface area contributed by atoms with Gasteiger partial charge in [0.25, 0.3) is 0 Å². The van der Waals surface area contributed by atoms with Crippen LogP contribution < -0.4 is 9.47 Å². The maximum Gasteiger partial charge on any atom is 0.161 e. The zero-order chi connectivity index (χ0) is 13.9. The van der Waals surface area contributed by atoms with Crippen molar-refractivity contribution < 1.29 is 14.0 Å². The van der Waals surface area contributed by atoms with Crippen LogP contribution in [0.1, 0.15) is 24.2 Å². The van der Waals surface area contributed by atoms with Gasteiger partial charge in [-0.2, -0.15) is 0 Å². The van der Waals surface area contributed by atoms with E-state index in [9.17, 15) is 0 Å². The average Bonchev–Trinajstić information content (AvgIpc) is 3.00. The van der Waals surface area contributed by atoms with Gasteiger partial charge in [-0.25, -0.2) is 0 Å². The number of nitrogens with zero attached hydrogens (tertiary/aromatic N) is 2. The van der Waals surface area contributed by atoms with E-state index in [1.165, 1.54) is 5.56 Å². The zero-order valence-electron chi connectivity index (χ0n) is 11.7. The van der Waals surface area contributed by atoms with Crippen molar-refractivity contribution in [1.82, 2.24) is 10.1 Å². The molecule has 1 atom stereocenters. The summed E-state index contributed by atoms with van der Waals surface area (Å²) in [6, 6.07) is 8.17. The molecule has 0 spiro atoms. The van der Waals surface area contributed by atoms with Gasteiger partial charge in [-0.15, -0.1) is 0 Å². The van der Waals surface area contributed by atoms with Gasteiger partial charge in [0.2, 0.25) is 0 Å². The average molecular weight is 274 g/mol. The summed E-state index contributed by atoms with van der Waals surface area (Å²) in [5, 5.41) is 3.99. The molecular weight excluding hydrogens is 256 g/mol. The summed E-state index contributed by atoms with van der Waals surface area (Å²) < 4.78 is 16.0. The van der Waals surface area contributed by atoms with E-state index in [1.54, 1.807) is 6.26 Å². The number of benzene rings is 1. The molecule has 1 aliphatic heterocycles. The van der Waals surface area contributed by atoms with Crippen molar-refractivity contribution in [1.29, 1.82) is 0 Å². The molecule has 0 saturated carbocycles. The van der Waals surface area contributed by atoms with E-state index in [0.717, 1.165) is 23.7 Å². The standard InChI is InChI=1S/C15H18N2O3/c1-11(13-5-6-20-16-13)17(2)10-12-3-4-14-15(9-12)19-8-7-18-14/h3-6,9,11H,7-8,10H2,1-2H3/t11-/m0/s1. The quantitative estimate of drug-likeness (QED) is 0.857. The molecule has 2 aromatic rings. The fraction of sp³-hybridized carbons (Fsp3) is 0.400. The van der Waals surface area contributed by atoms with Crippen LogP contribution in [-0.2, 0) is 6.54 Å². The molecule has 5 heteroatoms. The van der Waals surface area contributed by atoms with E-state index in [-0.39, 0.29) is 6.04 Å². The van der Waals surface area contributed by atoms with E-state index in [2.05, 4.69) is 30.1 Å². The number of hydrogen-bond acceptors (Lipinski definition) is 5.